The van der Waals surface area contributed by atoms with Crippen LogP contribution in [0.15, 0.2) is 28.9 Å². The van der Waals surface area contributed by atoms with E-state index in [0.717, 1.165) is 16.9 Å². The van der Waals surface area contributed by atoms with Gasteiger partial charge in [0.1, 0.15) is 5.76 Å². The predicted octanol–water partition coefficient (Wildman–Crippen LogP) is 2.49. The van der Waals surface area contributed by atoms with E-state index < -0.39 is 0 Å². The van der Waals surface area contributed by atoms with Crippen LogP contribution < -0.4 is 0 Å². The molecule has 0 aromatic rings. The van der Waals surface area contributed by atoms with Crippen molar-refractivity contribution in [2.24, 2.45) is 0 Å². The zero-order valence-corrected chi connectivity index (χ0v) is 5.72. The summed E-state index contributed by atoms with van der Waals surface area (Å²) in [5.74, 6) is 0.957. The van der Waals surface area contributed by atoms with Gasteiger partial charge in [-0.1, -0.05) is 12.1 Å². The van der Waals surface area contributed by atoms with Gasteiger partial charge >= 0.3 is 0 Å². The fraction of sp³-hybridized carbons (Fsp3) is 0.111. The zero-order valence-electron chi connectivity index (χ0n) is 5.72. The van der Waals surface area contributed by atoms with Gasteiger partial charge in [0.25, 0.3) is 0 Å². The molecule has 1 aliphatic carbocycles. The van der Waals surface area contributed by atoms with Gasteiger partial charge in [-0.2, -0.15) is 0 Å². The topological polar surface area (TPSA) is 13.1 Å². The molecule has 0 unspecified atom stereocenters. The first-order chi connectivity index (χ1) is 4.88. The third-order valence-corrected chi connectivity index (χ3v) is 1.64. The van der Waals surface area contributed by atoms with Crippen LogP contribution in [0.4, 0.5) is 0 Å². The molecule has 1 nitrogen and oxygen atoms in total. The van der Waals surface area contributed by atoms with Crippen LogP contribution in [0.25, 0.3) is 11.1 Å². The van der Waals surface area contributed by atoms with Crippen molar-refractivity contribution in [3.05, 3.63) is 36.3 Å². The maximum Gasteiger partial charge on any atom is 0.108 e. The van der Waals surface area contributed by atoms with E-state index >= 15 is 0 Å². The molecule has 49 valence electrons. The van der Waals surface area contributed by atoms with Crippen LogP contribution in [0, 0.1) is 13.0 Å². The van der Waals surface area contributed by atoms with E-state index in [9.17, 15) is 0 Å². The Balaban J connectivity index is 2.80. The Morgan fingerprint density at radius 2 is 2.30 bits per heavy atom. The summed E-state index contributed by atoms with van der Waals surface area (Å²) in [6.07, 6.45) is 1.69. The van der Waals surface area contributed by atoms with Gasteiger partial charge in [-0.3, -0.25) is 0 Å². The monoisotopic (exact) mass is 131 g/mol. The lowest BCUT2D eigenvalue weighted by Crippen LogP contribution is -1.77. The van der Waals surface area contributed by atoms with E-state index in [0.29, 0.717) is 0 Å². The molecule has 0 amide bonds. The molecule has 0 aromatic heterocycles. The summed E-state index contributed by atoms with van der Waals surface area (Å²) in [5, 5.41) is 0. The SMILES string of the molecule is Cc1occc2[c]ccc1-2. The molecule has 0 fully saturated rings. The first-order valence-electron chi connectivity index (χ1n) is 3.22. The summed E-state index contributed by atoms with van der Waals surface area (Å²) in [4.78, 5) is 0. The van der Waals surface area contributed by atoms with E-state index in [1.807, 2.05) is 25.1 Å². The summed E-state index contributed by atoms with van der Waals surface area (Å²) in [5.41, 5.74) is 2.28. The first kappa shape index (κ1) is 5.54. The highest BCUT2D eigenvalue weighted by Crippen LogP contribution is 2.24. The molecular weight excluding hydrogens is 124 g/mol. The molecule has 0 spiro atoms. The molecule has 1 heteroatoms. The lowest BCUT2D eigenvalue weighted by molar-refractivity contribution is 0.519. The number of hydrogen-bond donors (Lipinski definition) is 0. The van der Waals surface area contributed by atoms with Crippen molar-refractivity contribution < 1.29 is 4.42 Å². The third kappa shape index (κ3) is 0.637. The molecule has 10 heavy (non-hydrogen) atoms. The molecule has 0 atom stereocenters. The van der Waals surface area contributed by atoms with E-state index in [1.165, 1.54) is 0 Å². The largest absolute Gasteiger partial charge is 0.469 e. The molecule has 1 aliphatic heterocycles. The van der Waals surface area contributed by atoms with Gasteiger partial charge < -0.3 is 4.42 Å². The van der Waals surface area contributed by atoms with Crippen LogP contribution >= 0.6 is 0 Å². The average Bonchev–Trinajstić information content (AvgIpc) is 2.36. The van der Waals surface area contributed by atoms with E-state index in [1.54, 1.807) is 6.26 Å². The van der Waals surface area contributed by atoms with Crippen LogP contribution in [0.5, 0.6) is 0 Å². The summed E-state index contributed by atoms with van der Waals surface area (Å²) in [6.45, 7) is 1.95. The van der Waals surface area contributed by atoms with Crippen molar-refractivity contribution >= 4 is 0 Å². The maximum atomic E-state index is 5.18. The molecular formula is C9H7O. The summed E-state index contributed by atoms with van der Waals surface area (Å²) >= 11 is 0. The highest BCUT2D eigenvalue weighted by atomic mass is 16.3. The van der Waals surface area contributed by atoms with Crippen molar-refractivity contribution in [3.63, 3.8) is 0 Å². The molecule has 1 heterocycles. The third-order valence-electron chi connectivity index (χ3n) is 1.64. The Morgan fingerprint density at radius 3 is 3.10 bits per heavy atom. The molecule has 0 bridgehead atoms. The van der Waals surface area contributed by atoms with Crippen LogP contribution in [0.3, 0.4) is 0 Å². The molecule has 0 N–H and O–H groups in total. The minimum absolute atomic E-state index is 0.957. The quantitative estimate of drug-likeness (QED) is 0.535. The molecule has 0 saturated heterocycles. The first-order valence-corrected chi connectivity index (χ1v) is 3.22. The maximum absolute atomic E-state index is 5.18. The standard InChI is InChI=1S/C9H7O/c1-7-9-4-2-3-8(9)5-6-10-7/h2,4-6H,1H3. The highest BCUT2D eigenvalue weighted by Gasteiger charge is 2.04. The second kappa shape index (κ2) is 1.87. The van der Waals surface area contributed by atoms with Crippen molar-refractivity contribution in [1.29, 1.82) is 0 Å². The minimum atomic E-state index is 0.957. The molecule has 0 aromatic carbocycles. The normalized spacial score (nSPS) is 10.5. The molecule has 2 rings (SSSR count). The fourth-order valence-corrected chi connectivity index (χ4v) is 1.09. The molecule has 0 saturated carbocycles. The number of fused-ring (bicyclic) bond motifs is 1. The van der Waals surface area contributed by atoms with Crippen molar-refractivity contribution in [2.45, 2.75) is 6.92 Å². The van der Waals surface area contributed by atoms with Crippen LogP contribution in [0.2, 0.25) is 0 Å². The van der Waals surface area contributed by atoms with Gasteiger partial charge in [0, 0.05) is 5.56 Å². The van der Waals surface area contributed by atoms with Crippen molar-refractivity contribution in [2.75, 3.05) is 0 Å². The van der Waals surface area contributed by atoms with E-state index in [2.05, 4.69) is 6.07 Å². The Bertz CT molecular complexity index is 309. The Morgan fingerprint density at radius 1 is 1.40 bits per heavy atom. The Hall–Kier alpha value is -1.24. The molecule has 1 radical (unpaired) electrons. The smallest absolute Gasteiger partial charge is 0.108 e. The Kier molecular flexibility index (Phi) is 1.04. The second-order valence-electron chi connectivity index (χ2n) is 2.28. The van der Waals surface area contributed by atoms with Gasteiger partial charge in [-0.25, -0.2) is 0 Å². The predicted molar refractivity (Wildman–Crippen MR) is 38.9 cm³/mol. The van der Waals surface area contributed by atoms with Gasteiger partial charge in [-0.05, 0) is 24.6 Å². The Labute approximate surface area is 59.6 Å². The van der Waals surface area contributed by atoms with Gasteiger partial charge in [-0.15, -0.1) is 0 Å². The van der Waals surface area contributed by atoms with Crippen molar-refractivity contribution in [1.82, 2.24) is 0 Å². The van der Waals surface area contributed by atoms with E-state index in [-0.39, 0.29) is 0 Å². The second-order valence-corrected chi connectivity index (χ2v) is 2.28. The lowest BCUT2D eigenvalue weighted by Gasteiger charge is -1.98. The minimum Gasteiger partial charge on any atom is -0.469 e. The van der Waals surface area contributed by atoms with Crippen LogP contribution in [-0.2, 0) is 0 Å². The van der Waals surface area contributed by atoms with Crippen LogP contribution in [-0.4, -0.2) is 0 Å². The summed E-state index contributed by atoms with van der Waals surface area (Å²) < 4.78 is 5.18. The van der Waals surface area contributed by atoms with E-state index in [4.69, 9.17) is 4.42 Å². The van der Waals surface area contributed by atoms with Gasteiger partial charge in [0.15, 0.2) is 0 Å². The van der Waals surface area contributed by atoms with Gasteiger partial charge in [0.05, 0.1) is 6.26 Å². The zero-order chi connectivity index (χ0) is 6.97. The lowest BCUT2D eigenvalue weighted by atomic mass is 10.1. The van der Waals surface area contributed by atoms with Crippen LogP contribution in [0.1, 0.15) is 5.76 Å². The van der Waals surface area contributed by atoms with Gasteiger partial charge in [0.2, 0.25) is 0 Å². The summed E-state index contributed by atoms with van der Waals surface area (Å²) in [6, 6.07) is 8.94. The number of aryl methyl sites for hydroxylation is 1. The van der Waals surface area contributed by atoms with Crippen molar-refractivity contribution in [3.8, 4) is 11.1 Å². The molecule has 2 aliphatic rings. The highest BCUT2D eigenvalue weighted by molar-refractivity contribution is 5.66. The fourth-order valence-electron chi connectivity index (χ4n) is 1.09. The number of rotatable bonds is 0. The summed E-state index contributed by atoms with van der Waals surface area (Å²) in [7, 11) is 0. The average molecular weight is 131 g/mol. The number of hydrogen-bond acceptors (Lipinski definition) is 1.